The summed E-state index contributed by atoms with van der Waals surface area (Å²) in [4.78, 5) is 0. The van der Waals surface area contributed by atoms with Gasteiger partial charge in [-0.05, 0) is 23.3 Å². The number of phenolic OH excluding ortho intramolecular Hbond substituents is 2. The average Bonchev–Trinajstić information content (AvgIpc) is 2.69. The Morgan fingerprint density at radius 2 is 1.17 bits per heavy atom. The second-order valence-electron chi connectivity index (χ2n) is 6.05. The van der Waals surface area contributed by atoms with Crippen LogP contribution in [0.1, 0.15) is 16.7 Å². The highest BCUT2D eigenvalue weighted by Gasteiger charge is 2.52. The van der Waals surface area contributed by atoms with Gasteiger partial charge in [0.05, 0.1) is 15.1 Å². The smallest absolute Gasteiger partial charge is 0.283 e. The molecule has 1 atom stereocenters. The lowest BCUT2D eigenvalue weighted by Crippen LogP contribution is -2.38. The molecule has 3 aromatic carbocycles. The van der Waals surface area contributed by atoms with Gasteiger partial charge in [0.25, 0.3) is 10.1 Å². The van der Waals surface area contributed by atoms with Crippen LogP contribution in [0.15, 0.2) is 54.6 Å². The van der Waals surface area contributed by atoms with Gasteiger partial charge in [-0.2, -0.15) is 8.42 Å². The van der Waals surface area contributed by atoms with E-state index in [-0.39, 0.29) is 26.9 Å². The third-order valence-electron chi connectivity index (χ3n) is 4.44. The topological polar surface area (TPSA) is 94.8 Å². The molecule has 0 fully saturated rings. The summed E-state index contributed by atoms with van der Waals surface area (Å²) in [5.41, 5.74) is -0.464. The third kappa shape index (κ3) is 3.44. The van der Waals surface area contributed by atoms with Crippen molar-refractivity contribution >= 4 is 56.5 Å². The molecule has 1 unspecified atom stereocenters. The zero-order chi connectivity index (χ0) is 21.6. The number of benzene rings is 3. The van der Waals surface area contributed by atoms with Crippen LogP contribution in [0, 0.1) is 0 Å². The fourth-order valence-electron chi connectivity index (χ4n) is 3.19. The highest BCUT2D eigenvalue weighted by molar-refractivity contribution is 7.87. The summed E-state index contributed by atoms with van der Waals surface area (Å²) in [6, 6.07) is 12.5. The van der Waals surface area contributed by atoms with Gasteiger partial charge < -0.3 is 10.2 Å². The monoisotopic (exact) mass is 492 g/mol. The SMILES string of the molecule is O=S(=O)(O)C(c1ccccc1)(c1ccc(O)cc1)c1c(O)c(Cl)c(Cl)c(Cl)c1Cl. The van der Waals surface area contributed by atoms with Crippen LogP contribution >= 0.6 is 46.4 Å². The number of rotatable bonds is 4. The van der Waals surface area contributed by atoms with Gasteiger partial charge in [-0.3, -0.25) is 4.55 Å². The molecule has 3 rings (SSSR count). The second-order valence-corrected chi connectivity index (χ2v) is 9.12. The van der Waals surface area contributed by atoms with Gasteiger partial charge in [-0.25, -0.2) is 0 Å². The highest BCUT2D eigenvalue weighted by atomic mass is 35.5. The van der Waals surface area contributed by atoms with Crippen molar-refractivity contribution in [3.05, 3.63) is 91.4 Å². The molecule has 0 heterocycles. The minimum absolute atomic E-state index is 0.0318. The van der Waals surface area contributed by atoms with Crippen molar-refractivity contribution < 1.29 is 23.2 Å². The van der Waals surface area contributed by atoms with Crippen molar-refractivity contribution in [1.82, 2.24) is 0 Å². The zero-order valence-electron chi connectivity index (χ0n) is 14.3. The maximum Gasteiger partial charge on any atom is 0.283 e. The van der Waals surface area contributed by atoms with E-state index in [2.05, 4.69) is 0 Å². The molecule has 0 bridgehead atoms. The van der Waals surface area contributed by atoms with E-state index in [0.29, 0.717) is 0 Å². The molecule has 3 aromatic rings. The van der Waals surface area contributed by atoms with Gasteiger partial charge in [0, 0.05) is 5.56 Å². The van der Waals surface area contributed by atoms with Crippen LogP contribution in [0.25, 0.3) is 0 Å². The third-order valence-corrected chi connectivity index (χ3v) is 7.68. The molecule has 0 saturated carbocycles. The van der Waals surface area contributed by atoms with Crippen LogP contribution in [0.5, 0.6) is 11.5 Å². The Hall–Kier alpha value is -1.67. The van der Waals surface area contributed by atoms with Crippen LogP contribution < -0.4 is 0 Å². The molecule has 0 spiro atoms. The molecule has 0 amide bonds. The van der Waals surface area contributed by atoms with Gasteiger partial charge in [-0.1, -0.05) is 88.9 Å². The Bertz CT molecular complexity index is 1150. The molecule has 0 aliphatic carbocycles. The minimum Gasteiger partial charge on any atom is -0.508 e. The summed E-state index contributed by atoms with van der Waals surface area (Å²) >= 11 is 24.5. The van der Waals surface area contributed by atoms with E-state index in [1.165, 1.54) is 36.4 Å². The average molecular weight is 494 g/mol. The van der Waals surface area contributed by atoms with Gasteiger partial charge in [0.1, 0.15) is 16.5 Å². The van der Waals surface area contributed by atoms with Crippen molar-refractivity contribution in [3.8, 4) is 11.5 Å². The number of hydrogen-bond acceptors (Lipinski definition) is 4. The lowest BCUT2D eigenvalue weighted by molar-refractivity contribution is 0.440. The van der Waals surface area contributed by atoms with Gasteiger partial charge in [0.2, 0.25) is 0 Å². The molecule has 5 nitrogen and oxygen atoms in total. The molecular weight excluding hydrogens is 482 g/mol. The molecule has 0 aliphatic heterocycles. The van der Waals surface area contributed by atoms with Gasteiger partial charge in [-0.15, -0.1) is 0 Å². The molecule has 0 aliphatic rings. The largest absolute Gasteiger partial charge is 0.508 e. The number of hydrogen-bond donors (Lipinski definition) is 3. The van der Waals surface area contributed by atoms with Crippen molar-refractivity contribution in [1.29, 1.82) is 0 Å². The molecular formula is C19H12Cl4O5S. The van der Waals surface area contributed by atoms with E-state index < -0.39 is 36.2 Å². The normalized spacial score (nSPS) is 13.8. The Labute approximate surface area is 186 Å². The first-order chi connectivity index (χ1) is 13.5. The first-order valence-corrected chi connectivity index (χ1v) is 10.9. The Balaban J connectivity index is 2.64. The van der Waals surface area contributed by atoms with Crippen LogP contribution in [-0.4, -0.2) is 23.2 Å². The van der Waals surface area contributed by atoms with E-state index in [1.807, 2.05) is 0 Å². The molecule has 152 valence electrons. The van der Waals surface area contributed by atoms with Crippen LogP contribution in [0.2, 0.25) is 20.1 Å². The fourth-order valence-corrected chi connectivity index (χ4v) is 5.56. The quantitative estimate of drug-likeness (QED) is 0.182. The molecule has 29 heavy (non-hydrogen) atoms. The summed E-state index contributed by atoms with van der Waals surface area (Å²) in [6.07, 6.45) is 0. The van der Waals surface area contributed by atoms with E-state index in [9.17, 15) is 23.2 Å². The van der Waals surface area contributed by atoms with E-state index >= 15 is 0 Å². The highest BCUT2D eigenvalue weighted by Crippen LogP contribution is 2.55. The van der Waals surface area contributed by atoms with Crippen molar-refractivity contribution in [2.45, 2.75) is 4.75 Å². The minimum atomic E-state index is -5.08. The summed E-state index contributed by atoms with van der Waals surface area (Å²) < 4.78 is 34.0. The van der Waals surface area contributed by atoms with E-state index in [4.69, 9.17) is 46.4 Å². The van der Waals surface area contributed by atoms with Crippen molar-refractivity contribution in [2.24, 2.45) is 0 Å². The number of halogens is 4. The molecule has 0 saturated heterocycles. The zero-order valence-corrected chi connectivity index (χ0v) is 18.1. The molecule has 3 N–H and O–H groups in total. The Morgan fingerprint density at radius 1 is 0.690 bits per heavy atom. The van der Waals surface area contributed by atoms with Crippen LogP contribution in [0.3, 0.4) is 0 Å². The van der Waals surface area contributed by atoms with Gasteiger partial charge >= 0.3 is 0 Å². The second kappa shape index (κ2) is 7.87. The van der Waals surface area contributed by atoms with Crippen LogP contribution in [0.4, 0.5) is 0 Å². The lowest BCUT2D eigenvalue weighted by atomic mass is 9.83. The Kier molecular flexibility index (Phi) is 5.98. The first kappa shape index (κ1) is 22.0. The predicted octanol–water partition coefficient (Wildman–Crippen LogP) is 5.89. The van der Waals surface area contributed by atoms with Gasteiger partial charge in [0.15, 0.2) is 4.75 Å². The standard InChI is InChI=1S/C19H12Cl4O5S/c20-14-13(18(25)17(23)16(22)15(14)21)19(29(26,27)28,10-4-2-1-3-5-10)11-6-8-12(24)9-7-11/h1-9,24-25H,(H,26,27,28). The predicted molar refractivity (Wildman–Crippen MR) is 114 cm³/mol. The maximum atomic E-state index is 13.0. The lowest BCUT2D eigenvalue weighted by Gasteiger charge is -2.34. The van der Waals surface area contributed by atoms with E-state index in [1.54, 1.807) is 18.2 Å². The fraction of sp³-hybridized carbons (Fsp3) is 0.0526. The summed E-state index contributed by atoms with van der Waals surface area (Å²) in [7, 11) is -5.08. The van der Waals surface area contributed by atoms with Crippen molar-refractivity contribution in [2.75, 3.05) is 0 Å². The summed E-state index contributed by atoms with van der Waals surface area (Å²) in [6.45, 7) is 0. The summed E-state index contributed by atoms with van der Waals surface area (Å²) in [5, 5.41) is 19.0. The maximum absolute atomic E-state index is 13.0. The Morgan fingerprint density at radius 3 is 1.69 bits per heavy atom. The number of phenols is 2. The molecule has 10 heteroatoms. The van der Waals surface area contributed by atoms with E-state index in [0.717, 1.165) is 0 Å². The number of aromatic hydroxyl groups is 2. The molecule has 0 aromatic heterocycles. The summed E-state index contributed by atoms with van der Waals surface area (Å²) in [5.74, 6) is -0.908. The molecule has 0 radical (unpaired) electrons. The van der Waals surface area contributed by atoms with Crippen LogP contribution in [-0.2, 0) is 14.9 Å². The van der Waals surface area contributed by atoms with Crippen molar-refractivity contribution in [3.63, 3.8) is 0 Å². The first-order valence-electron chi connectivity index (χ1n) is 7.91.